The molecule has 0 saturated carbocycles. The van der Waals surface area contributed by atoms with Gasteiger partial charge in [-0.3, -0.25) is 4.21 Å². The molecule has 0 atom stereocenters. The molecule has 2 nitrogen and oxygen atoms in total. The quantitative estimate of drug-likeness (QED) is 0.418. The minimum Gasteiger partial charge on any atom is -0.308 e. The first-order chi connectivity index (χ1) is 3.77. The molecular formula is C4H10BNOS. The highest BCUT2D eigenvalue weighted by Gasteiger charge is 2.13. The van der Waals surface area contributed by atoms with E-state index in [-0.39, 0.29) is 0 Å². The lowest BCUT2D eigenvalue weighted by molar-refractivity contribution is 0.682. The third-order valence-electron chi connectivity index (χ3n) is 1.51. The van der Waals surface area contributed by atoms with Crippen LogP contribution >= 0.6 is 0 Å². The van der Waals surface area contributed by atoms with E-state index in [9.17, 15) is 4.21 Å². The smallest absolute Gasteiger partial charge is 0.257 e. The Morgan fingerprint density at radius 2 is 1.88 bits per heavy atom. The van der Waals surface area contributed by atoms with Gasteiger partial charge in [-0.2, -0.15) is 0 Å². The molecule has 0 unspecified atom stereocenters. The summed E-state index contributed by atoms with van der Waals surface area (Å²) in [4.78, 5) is 0. The first kappa shape index (κ1) is 6.14. The molecule has 0 N–H and O–H groups in total. The Balaban J connectivity index is 2.84. The van der Waals surface area contributed by atoms with Crippen molar-refractivity contribution in [1.29, 1.82) is 0 Å². The van der Waals surface area contributed by atoms with E-state index in [1.54, 1.807) is 7.98 Å². The van der Waals surface area contributed by atoms with Crippen LogP contribution in [-0.2, 0) is 9.73 Å². The fourth-order valence-corrected chi connectivity index (χ4v) is 2.82. The SMILES string of the molecule is BN=S1(=O)CCCC1. The van der Waals surface area contributed by atoms with Crippen LogP contribution in [0.15, 0.2) is 4.27 Å². The van der Waals surface area contributed by atoms with Crippen molar-refractivity contribution in [1.82, 2.24) is 0 Å². The van der Waals surface area contributed by atoms with E-state index in [0.717, 1.165) is 24.3 Å². The second-order valence-electron chi connectivity index (χ2n) is 2.07. The minimum absolute atomic E-state index is 0.837. The van der Waals surface area contributed by atoms with Crippen molar-refractivity contribution in [2.45, 2.75) is 12.8 Å². The highest BCUT2D eigenvalue weighted by molar-refractivity contribution is 7.94. The lowest BCUT2D eigenvalue weighted by atomic mass is 10.4. The highest BCUT2D eigenvalue weighted by atomic mass is 32.2. The van der Waals surface area contributed by atoms with Gasteiger partial charge in [0.25, 0.3) is 7.98 Å². The van der Waals surface area contributed by atoms with E-state index in [0.29, 0.717) is 0 Å². The van der Waals surface area contributed by atoms with Crippen LogP contribution in [0.1, 0.15) is 12.8 Å². The summed E-state index contributed by atoms with van der Waals surface area (Å²) in [5.74, 6) is 1.67. The molecule has 8 heavy (non-hydrogen) atoms. The van der Waals surface area contributed by atoms with Crippen LogP contribution in [0.2, 0.25) is 0 Å². The topological polar surface area (TPSA) is 29.4 Å². The zero-order valence-electron chi connectivity index (χ0n) is 5.09. The molecule has 0 spiro atoms. The summed E-state index contributed by atoms with van der Waals surface area (Å²) < 4.78 is 15.0. The second kappa shape index (κ2) is 2.09. The summed E-state index contributed by atoms with van der Waals surface area (Å²) in [6, 6.07) is 0. The molecule has 0 amide bonds. The summed E-state index contributed by atoms with van der Waals surface area (Å²) in [7, 11) is -0.00630. The Kier molecular flexibility index (Phi) is 1.61. The van der Waals surface area contributed by atoms with Crippen molar-refractivity contribution in [3.8, 4) is 0 Å². The Bertz CT molecular complexity index is 170. The van der Waals surface area contributed by atoms with Crippen molar-refractivity contribution < 1.29 is 4.21 Å². The fraction of sp³-hybridized carbons (Fsp3) is 1.00. The molecule has 0 aliphatic carbocycles. The van der Waals surface area contributed by atoms with Gasteiger partial charge >= 0.3 is 0 Å². The maximum atomic E-state index is 11.2. The molecular weight excluding hydrogens is 121 g/mol. The molecule has 0 aromatic rings. The van der Waals surface area contributed by atoms with E-state index >= 15 is 0 Å². The molecule has 0 aromatic carbocycles. The van der Waals surface area contributed by atoms with Gasteiger partial charge in [0.05, 0.1) is 0 Å². The van der Waals surface area contributed by atoms with E-state index in [4.69, 9.17) is 0 Å². The average molecular weight is 131 g/mol. The van der Waals surface area contributed by atoms with Crippen molar-refractivity contribution in [3.63, 3.8) is 0 Å². The molecule has 0 bridgehead atoms. The maximum Gasteiger partial charge on any atom is 0.257 e. The third-order valence-corrected chi connectivity index (χ3v) is 4.03. The van der Waals surface area contributed by atoms with Crippen LogP contribution < -0.4 is 0 Å². The fourth-order valence-electron chi connectivity index (χ4n) is 0.940. The van der Waals surface area contributed by atoms with Crippen LogP contribution in [0.5, 0.6) is 0 Å². The van der Waals surface area contributed by atoms with Crippen molar-refractivity contribution in [2.24, 2.45) is 4.27 Å². The Labute approximate surface area is 51.3 Å². The van der Waals surface area contributed by atoms with E-state index in [1.807, 2.05) is 0 Å². The van der Waals surface area contributed by atoms with Gasteiger partial charge in [-0.05, 0) is 12.8 Å². The average Bonchev–Trinajstić information content (AvgIpc) is 2.17. The van der Waals surface area contributed by atoms with Gasteiger partial charge in [0.1, 0.15) is 0 Å². The predicted octanol–water partition coefficient (Wildman–Crippen LogP) is -0.204. The number of rotatable bonds is 0. The van der Waals surface area contributed by atoms with E-state index < -0.39 is 9.73 Å². The zero-order valence-corrected chi connectivity index (χ0v) is 5.91. The summed E-state index contributed by atoms with van der Waals surface area (Å²) in [5, 5.41) is 0. The van der Waals surface area contributed by atoms with Gasteiger partial charge in [-0.25, -0.2) is 0 Å². The molecule has 1 rings (SSSR count). The van der Waals surface area contributed by atoms with Crippen molar-refractivity contribution >= 4 is 17.7 Å². The number of nitrogens with zero attached hydrogens (tertiary/aromatic N) is 1. The summed E-state index contributed by atoms with van der Waals surface area (Å²) in [6.07, 6.45) is 2.21. The van der Waals surface area contributed by atoms with Gasteiger partial charge in [0.15, 0.2) is 0 Å². The molecule has 1 fully saturated rings. The number of hydrogen-bond donors (Lipinski definition) is 0. The lowest BCUT2D eigenvalue weighted by Gasteiger charge is -1.93. The van der Waals surface area contributed by atoms with Gasteiger partial charge in [0.2, 0.25) is 0 Å². The molecule has 1 aliphatic heterocycles. The normalized spacial score (nSPS) is 25.5. The summed E-state index contributed by atoms with van der Waals surface area (Å²) in [5.41, 5.74) is 0. The monoisotopic (exact) mass is 131 g/mol. The summed E-state index contributed by atoms with van der Waals surface area (Å²) in [6.45, 7) is 0. The van der Waals surface area contributed by atoms with Crippen molar-refractivity contribution in [3.05, 3.63) is 0 Å². The zero-order chi connectivity index (χ0) is 6.04. The standard InChI is InChI=1S/C4H10BNOS/c5-6-8(7)3-1-2-4-8/h1-5H2. The Hall–Kier alpha value is 0.0149. The van der Waals surface area contributed by atoms with Crippen LogP contribution in [-0.4, -0.2) is 23.7 Å². The molecule has 1 saturated heterocycles. The summed E-state index contributed by atoms with van der Waals surface area (Å²) >= 11 is 0. The molecule has 4 heteroatoms. The van der Waals surface area contributed by atoms with Gasteiger partial charge in [-0.15, -0.1) is 0 Å². The van der Waals surface area contributed by atoms with Gasteiger partial charge in [0, 0.05) is 21.2 Å². The van der Waals surface area contributed by atoms with Gasteiger partial charge < -0.3 is 4.27 Å². The lowest BCUT2D eigenvalue weighted by Crippen LogP contribution is -1.99. The predicted molar refractivity (Wildman–Crippen MR) is 38.1 cm³/mol. The molecule has 46 valence electrons. The number of hydrogen-bond acceptors (Lipinski definition) is 2. The van der Waals surface area contributed by atoms with E-state index in [2.05, 4.69) is 4.27 Å². The second-order valence-corrected chi connectivity index (χ2v) is 4.80. The molecule has 0 aromatic heterocycles. The van der Waals surface area contributed by atoms with Crippen LogP contribution in [0.4, 0.5) is 0 Å². The van der Waals surface area contributed by atoms with Crippen LogP contribution in [0.3, 0.4) is 0 Å². The Morgan fingerprint density at radius 1 is 1.38 bits per heavy atom. The maximum absolute atomic E-state index is 11.2. The van der Waals surface area contributed by atoms with Crippen LogP contribution in [0, 0.1) is 0 Å². The third kappa shape index (κ3) is 1.05. The Morgan fingerprint density at radius 3 is 2.12 bits per heavy atom. The first-order valence-electron chi connectivity index (χ1n) is 2.87. The minimum atomic E-state index is -1.67. The first-order valence-corrected chi connectivity index (χ1v) is 4.73. The van der Waals surface area contributed by atoms with Gasteiger partial charge in [-0.1, -0.05) is 0 Å². The molecule has 1 heterocycles. The van der Waals surface area contributed by atoms with Crippen LogP contribution in [0.25, 0.3) is 0 Å². The highest BCUT2D eigenvalue weighted by Crippen LogP contribution is 2.11. The van der Waals surface area contributed by atoms with Crippen molar-refractivity contribution in [2.75, 3.05) is 11.5 Å². The molecule has 0 radical (unpaired) electrons. The molecule has 1 aliphatic rings. The largest absolute Gasteiger partial charge is 0.308 e. The van der Waals surface area contributed by atoms with E-state index in [1.165, 1.54) is 0 Å².